The van der Waals surface area contributed by atoms with Crippen molar-refractivity contribution < 1.29 is 32.7 Å². The van der Waals surface area contributed by atoms with Gasteiger partial charge < -0.3 is 30.0 Å². The summed E-state index contributed by atoms with van der Waals surface area (Å²) in [7, 11) is 1.30. The molecule has 0 amide bonds. The molecule has 178 valence electrons. The van der Waals surface area contributed by atoms with Crippen LogP contribution in [0.15, 0.2) is 27.4 Å². The average molecular weight is 469 g/mol. The highest BCUT2D eigenvalue weighted by atomic mass is 19.1. The zero-order valence-electron chi connectivity index (χ0n) is 17.8. The van der Waals surface area contributed by atoms with Gasteiger partial charge >= 0.3 is 5.97 Å². The Labute approximate surface area is 185 Å². The third kappa shape index (κ3) is 4.43. The number of carbonyl (C=O) groups is 1. The number of amidine groups is 1. The Morgan fingerprint density at radius 3 is 2.73 bits per heavy atom. The molecule has 0 bridgehead atoms. The quantitative estimate of drug-likeness (QED) is 0.342. The van der Waals surface area contributed by atoms with E-state index in [1.165, 1.54) is 12.0 Å². The first-order valence-electron chi connectivity index (χ1n) is 9.89. The lowest BCUT2D eigenvalue weighted by molar-refractivity contribution is 0.0694. The highest BCUT2D eigenvalue weighted by Crippen LogP contribution is 2.33. The minimum absolute atomic E-state index is 0.0252. The Hall–Kier alpha value is -3.77. The van der Waals surface area contributed by atoms with Crippen LogP contribution in [0.2, 0.25) is 0 Å². The monoisotopic (exact) mass is 469 g/mol. The lowest BCUT2D eigenvalue weighted by Crippen LogP contribution is -2.31. The number of hydrogen-bond donors (Lipinski definition) is 2. The van der Waals surface area contributed by atoms with Crippen LogP contribution in [0.1, 0.15) is 17.3 Å². The van der Waals surface area contributed by atoms with Crippen molar-refractivity contribution in [2.45, 2.75) is 13.5 Å². The third-order valence-electron chi connectivity index (χ3n) is 5.12. The van der Waals surface area contributed by atoms with Gasteiger partial charge in [-0.25, -0.2) is 18.0 Å². The minimum atomic E-state index is -1.59. The molecule has 1 aromatic heterocycles. The zero-order valence-corrected chi connectivity index (χ0v) is 17.8. The van der Waals surface area contributed by atoms with E-state index in [2.05, 4.69) is 10.3 Å². The lowest BCUT2D eigenvalue weighted by Gasteiger charge is -2.21. The molecule has 0 saturated carbocycles. The van der Waals surface area contributed by atoms with Gasteiger partial charge in [0, 0.05) is 12.7 Å². The number of rotatable bonds is 8. The Bertz CT molecular complexity index is 1200. The first kappa shape index (κ1) is 23.9. The Morgan fingerprint density at radius 1 is 1.39 bits per heavy atom. The largest absolute Gasteiger partial charge is 0.477 e. The number of benzene rings is 1. The second-order valence-corrected chi connectivity index (χ2v) is 7.11. The molecule has 1 unspecified atom stereocenters. The smallest absolute Gasteiger partial charge is 0.341 e. The summed E-state index contributed by atoms with van der Waals surface area (Å²) in [6.07, 6.45) is 0.842. The van der Waals surface area contributed by atoms with Crippen molar-refractivity contribution in [2.24, 2.45) is 22.0 Å². The molecule has 3 N–H and O–H groups in total. The number of nitrogens with two attached hydrogens (primary N) is 1. The summed E-state index contributed by atoms with van der Waals surface area (Å²) in [5.41, 5.74) is 3.56. The summed E-state index contributed by atoms with van der Waals surface area (Å²) in [5.74, 6) is -4.49. The summed E-state index contributed by atoms with van der Waals surface area (Å²) in [6.45, 7) is 0.433. The van der Waals surface area contributed by atoms with Crippen LogP contribution in [-0.4, -0.2) is 60.7 Å². The minimum Gasteiger partial charge on any atom is -0.477 e. The van der Waals surface area contributed by atoms with Gasteiger partial charge in [0.15, 0.2) is 5.82 Å². The van der Waals surface area contributed by atoms with E-state index >= 15 is 8.78 Å². The van der Waals surface area contributed by atoms with Crippen molar-refractivity contribution >= 4 is 34.1 Å². The summed E-state index contributed by atoms with van der Waals surface area (Å²) >= 11 is 0. The maximum Gasteiger partial charge on any atom is 0.341 e. The predicted molar refractivity (Wildman–Crippen MR) is 114 cm³/mol. The SMILES string of the molecule is CCO/N=C(/N)C1CN(c2c(F)cc3c(=O)c(C(=O)O)cn(CCF)c3c2F)C/C1=N/OC. The molecule has 1 aliphatic rings. The van der Waals surface area contributed by atoms with Gasteiger partial charge in [-0.2, -0.15) is 0 Å². The van der Waals surface area contributed by atoms with Crippen molar-refractivity contribution in [3.8, 4) is 0 Å². The summed E-state index contributed by atoms with van der Waals surface area (Å²) in [6, 6.07) is 0.745. The maximum absolute atomic E-state index is 15.7. The van der Waals surface area contributed by atoms with Gasteiger partial charge in [0.1, 0.15) is 43.3 Å². The third-order valence-corrected chi connectivity index (χ3v) is 5.12. The van der Waals surface area contributed by atoms with E-state index in [1.807, 2.05) is 0 Å². The number of fused-ring (bicyclic) bond motifs is 1. The number of aromatic nitrogens is 1. The molecule has 10 nitrogen and oxygen atoms in total. The second-order valence-electron chi connectivity index (χ2n) is 7.11. The lowest BCUT2D eigenvalue weighted by atomic mass is 10.1. The molecule has 2 aromatic rings. The number of carboxylic acids is 1. The second kappa shape index (κ2) is 9.79. The number of oxime groups is 2. The zero-order chi connectivity index (χ0) is 24.3. The molecule has 3 rings (SSSR count). The van der Waals surface area contributed by atoms with Crippen LogP contribution in [0.3, 0.4) is 0 Å². The number of nitrogens with zero attached hydrogens (tertiary/aromatic N) is 4. The fourth-order valence-corrected chi connectivity index (χ4v) is 3.73. The first-order valence-corrected chi connectivity index (χ1v) is 9.89. The maximum atomic E-state index is 15.7. The van der Waals surface area contributed by atoms with E-state index in [4.69, 9.17) is 15.4 Å². The molecule has 0 spiro atoms. The molecule has 0 radical (unpaired) electrons. The topological polar surface area (TPSA) is 132 Å². The van der Waals surface area contributed by atoms with Gasteiger partial charge in [-0.3, -0.25) is 4.79 Å². The van der Waals surface area contributed by atoms with Gasteiger partial charge in [-0.15, -0.1) is 0 Å². The van der Waals surface area contributed by atoms with Gasteiger partial charge in [0.05, 0.1) is 35.6 Å². The number of halogens is 3. The first-order chi connectivity index (χ1) is 15.7. The molecule has 1 aromatic carbocycles. The van der Waals surface area contributed by atoms with E-state index in [0.29, 0.717) is 5.71 Å². The van der Waals surface area contributed by atoms with Gasteiger partial charge in [0.25, 0.3) is 0 Å². The Balaban J connectivity index is 2.19. The molecule has 13 heteroatoms. The molecule has 2 heterocycles. The number of carboxylic acid groups (broad SMARTS) is 1. The molecular formula is C20H22F3N5O5. The van der Waals surface area contributed by atoms with E-state index in [0.717, 1.165) is 16.8 Å². The van der Waals surface area contributed by atoms with Crippen LogP contribution < -0.4 is 16.1 Å². The Morgan fingerprint density at radius 2 is 2.12 bits per heavy atom. The highest BCUT2D eigenvalue weighted by Gasteiger charge is 2.36. The van der Waals surface area contributed by atoms with E-state index in [1.54, 1.807) is 6.92 Å². The van der Waals surface area contributed by atoms with E-state index < -0.39 is 64.3 Å². The number of anilines is 1. The van der Waals surface area contributed by atoms with Crippen molar-refractivity contribution in [1.29, 1.82) is 0 Å². The van der Waals surface area contributed by atoms with Crippen molar-refractivity contribution in [3.05, 3.63) is 39.7 Å². The van der Waals surface area contributed by atoms with Crippen LogP contribution in [0.4, 0.5) is 18.9 Å². The number of hydrogen-bond acceptors (Lipinski definition) is 7. The van der Waals surface area contributed by atoms with Crippen LogP contribution in [0.25, 0.3) is 10.9 Å². The number of pyridine rings is 1. The van der Waals surface area contributed by atoms with Crippen molar-refractivity contribution in [2.75, 3.05) is 38.4 Å². The number of alkyl halides is 1. The van der Waals surface area contributed by atoms with Gasteiger partial charge in [-0.1, -0.05) is 10.3 Å². The van der Waals surface area contributed by atoms with Gasteiger partial charge in [0.2, 0.25) is 5.43 Å². The molecule has 1 saturated heterocycles. The van der Waals surface area contributed by atoms with E-state index in [-0.39, 0.29) is 25.5 Å². The van der Waals surface area contributed by atoms with Crippen LogP contribution >= 0.6 is 0 Å². The molecule has 1 atom stereocenters. The molecule has 0 aliphatic carbocycles. The molecule has 1 aliphatic heterocycles. The van der Waals surface area contributed by atoms with Crippen molar-refractivity contribution in [3.63, 3.8) is 0 Å². The van der Waals surface area contributed by atoms with Crippen LogP contribution in [-0.2, 0) is 16.2 Å². The fourth-order valence-electron chi connectivity index (χ4n) is 3.73. The summed E-state index contributed by atoms with van der Waals surface area (Å²) in [5, 5.41) is 16.4. The summed E-state index contributed by atoms with van der Waals surface area (Å²) < 4.78 is 44.8. The molecule has 1 fully saturated rings. The van der Waals surface area contributed by atoms with Crippen molar-refractivity contribution in [1.82, 2.24) is 4.57 Å². The van der Waals surface area contributed by atoms with Gasteiger partial charge in [-0.05, 0) is 13.0 Å². The normalized spacial score (nSPS) is 17.7. The Kier molecular flexibility index (Phi) is 7.09. The fraction of sp³-hybridized carbons (Fsp3) is 0.400. The highest BCUT2D eigenvalue weighted by molar-refractivity contribution is 6.10. The number of aromatic carboxylic acids is 1. The number of aryl methyl sites for hydroxylation is 1. The van der Waals surface area contributed by atoms with Crippen LogP contribution in [0, 0.1) is 17.6 Å². The predicted octanol–water partition coefficient (Wildman–Crippen LogP) is 1.69. The van der Waals surface area contributed by atoms with Crippen LogP contribution in [0.5, 0.6) is 0 Å². The van der Waals surface area contributed by atoms with E-state index in [9.17, 15) is 19.1 Å². The molecular weight excluding hydrogens is 447 g/mol. The summed E-state index contributed by atoms with van der Waals surface area (Å²) in [4.78, 5) is 34.9. The average Bonchev–Trinajstić information content (AvgIpc) is 3.17. The standard InChI is InChI=1S/C20H22F3N5O5/c1-3-33-26-19(24)11-7-28(9-14(11)25-32-2)17-13(22)6-10-16(15(17)23)27(5-4-21)8-12(18(10)29)20(30)31/h6,8,11H,3-5,7,9H2,1-2H3,(H2,24,26)(H,30,31)/b25-14-. The molecule has 33 heavy (non-hydrogen) atoms.